The second-order valence-electron chi connectivity index (χ2n) is 10.8. The first kappa shape index (κ1) is 24.9. The Balaban J connectivity index is 1.28. The van der Waals surface area contributed by atoms with Crippen LogP contribution in [-0.4, -0.2) is 71.5 Å². The Morgan fingerprint density at radius 2 is 1.97 bits per heavy atom. The van der Waals surface area contributed by atoms with Gasteiger partial charge in [-0.15, -0.1) is 0 Å². The molecule has 2 bridgehead atoms. The minimum atomic E-state index is -1.41. The lowest BCUT2D eigenvalue weighted by Crippen LogP contribution is -2.74. The Morgan fingerprint density at radius 1 is 1.21 bits per heavy atom. The molecule has 2 aromatic rings. The minimum absolute atomic E-state index is 0.111. The fraction of sp³-hybridized carbons (Fsp3) is 0.448. The van der Waals surface area contributed by atoms with Crippen LogP contribution in [0.2, 0.25) is 0 Å². The summed E-state index contributed by atoms with van der Waals surface area (Å²) in [5, 5.41) is 25.2. The van der Waals surface area contributed by atoms with E-state index in [-0.39, 0.29) is 6.04 Å². The number of amides is 1. The zero-order chi connectivity index (χ0) is 26.8. The molecule has 38 heavy (non-hydrogen) atoms. The number of esters is 1. The fourth-order valence-electron chi connectivity index (χ4n) is 6.93. The summed E-state index contributed by atoms with van der Waals surface area (Å²) in [5.41, 5.74) is 0.581. The highest BCUT2D eigenvalue weighted by Crippen LogP contribution is 2.65. The number of aliphatic hydroxyl groups is 2. The summed E-state index contributed by atoms with van der Waals surface area (Å²) >= 11 is 0. The van der Waals surface area contributed by atoms with Crippen molar-refractivity contribution in [3.05, 3.63) is 71.0 Å². The van der Waals surface area contributed by atoms with Crippen LogP contribution in [-0.2, 0) is 26.2 Å². The van der Waals surface area contributed by atoms with Gasteiger partial charge < -0.3 is 34.6 Å². The van der Waals surface area contributed by atoms with Crippen LogP contribution in [0.5, 0.6) is 11.5 Å². The molecular weight excluding hydrogens is 488 g/mol. The maximum absolute atomic E-state index is 13.1. The van der Waals surface area contributed by atoms with Crippen molar-refractivity contribution >= 4 is 11.9 Å². The van der Waals surface area contributed by atoms with Gasteiger partial charge in [-0.1, -0.05) is 36.4 Å². The number of nitrogens with zero attached hydrogens (tertiary/aromatic N) is 1. The molecule has 0 unspecified atom stereocenters. The molecule has 2 aliphatic heterocycles. The number of aliphatic hydroxyl groups excluding tert-OH is 1. The molecule has 2 aromatic carbocycles. The van der Waals surface area contributed by atoms with Crippen molar-refractivity contribution < 1.29 is 34.0 Å². The van der Waals surface area contributed by atoms with E-state index in [0.717, 1.165) is 17.7 Å². The van der Waals surface area contributed by atoms with Crippen molar-refractivity contribution in [2.75, 3.05) is 20.7 Å². The van der Waals surface area contributed by atoms with E-state index < -0.39 is 41.1 Å². The number of hydrogen-bond acceptors (Lipinski definition) is 8. The van der Waals surface area contributed by atoms with E-state index in [4.69, 9.17) is 14.2 Å². The maximum atomic E-state index is 13.1. The second kappa shape index (κ2) is 8.83. The number of benzene rings is 2. The molecule has 0 saturated carbocycles. The second-order valence-corrected chi connectivity index (χ2v) is 10.8. The molecule has 0 radical (unpaired) electrons. The highest BCUT2D eigenvalue weighted by molar-refractivity contribution is 5.87. The SMILES string of the molecule is COc1ccc2c3c1O[C@H]1C(OC(=O)[C@H](C)NC(=O)[C@@H](O)c4ccccc4)=CC[C@@]4(O)[C@@H](C2)N(C)CC[C@]314. The summed E-state index contributed by atoms with van der Waals surface area (Å²) in [6, 6.07) is 11.3. The van der Waals surface area contributed by atoms with Gasteiger partial charge in [-0.25, -0.2) is 4.79 Å². The summed E-state index contributed by atoms with van der Waals surface area (Å²) in [5.74, 6) is 0.106. The Labute approximate surface area is 221 Å². The number of ether oxygens (including phenoxy) is 3. The quantitative estimate of drug-likeness (QED) is 0.494. The molecule has 0 aromatic heterocycles. The van der Waals surface area contributed by atoms with Gasteiger partial charge in [0.1, 0.15) is 11.8 Å². The third-order valence-corrected chi connectivity index (χ3v) is 8.85. The Morgan fingerprint density at radius 3 is 2.71 bits per heavy atom. The van der Waals surface area contributed by atoms with Gasteiger partial charge in [0.25, 0.3) is 5.91 Å². The normalized spacial score (nSPS) is 30.3. The molecule has 1 amide bonds. The molecule has 200 valence electrons. The number of likely N-dealkylation sites (tertiary alicyclic amines) is 1. The predicted molar refractivity (Wildman–Crippen MR) is 137 cm³/mol. The fourth-order valence-corrected chi connectivity index (χ4v) is 6.93. The van der Waals surface area contributed by atoms with Crippen molar-refractivity contribution in [3.8, 4) is 11.5 Å². The van der Waals surface area contributed by atoms with Crippen LogP contribution in [0.15, 0.2) is 54.3 Å². The van der Waals surface area contributed by atoms with Crippen LogP contribution >= 0.6 is 0 Å². The Hall–Kier alpha value is -3.40. The zero-order valence-corrected chi connectivity index (χ0v) is 21.6. The highest BCUT2D eigenvalue weighted by atomic mass is 16.6. The van der Waals surface area contributed by atoms with Gasteiger partial charge >= 0.3 is 5.97 Å². The molecule has 6 rings (SSSR count). The van der Waals surface area contributed by atoms with Crippen molar-refractivity contribution in [2.45, 2.75) is 61.5 Å². The smallest absolute Gasteiger partial charge is 0.333 e. The van der Waals surface area contributed by atoms with Crippen LogP contribution in [0, 0.1) is 0 Å². The van der Waals surface area contributed by atoms with Crippen molar-refractivity contribution in [3.63, 3.8) is 0 Å². The van der Waals surface area contributed by atoms with Crippen LogP contribution in [0.3, 0.4) is 0 Å². The Bertz CT molecular complexity index is 1330. The zero-order valence-electron chi connectivity index (χ0n) is 21.6. The topological polar surface area (TPSA) is 118 Å². The van der Waals surface area contributed by atoms with Gasteiger partial charge in [0.05, 0.1) is 18.1 Å². The summed E-state index contributed by atoms with van der Waals surface area (Å²) in [7, 11) is 3.61. The van der Waals surface area contributed by atoms with E-state index in [1.54, 1.807) is 43.5 Å². The number of nitrogens with one attached hydrogen (secondary N) is 1. The molecule has 6 atom stereocenters. The van der Waals surface area contributed by atoms with E-state index in [0.29, 0.717) is 42.1 Å². The molecular formula is C29H32N2O7. The lowest BCUT2D eigenvalue weighted by atomic mass is 9.50. The standard InChI is InChI=1S/C29H32N2O7/c1-16(30-26(33)23(32)17-7-5-4-6-8-17)27(34)37-20-11-12-29(35)21-15-18-9-10-19(36-3)24-22(18)28(29,25(20)38-24)13-14-31(21)2/h4-11,16,21,23,25,32,35H,12-15H2,1-3H3,(H,30,33)/t16-,21+,23-,25-,28-,29+/m0/s1. The summed E-state index contributed by atoms with van der Waals surface area (Å²) in [6.07, 6.45) is 1.22. The first-order valence-corrected chi connectivity index (χ1v) is 13.0. The van der Waals surface area contributed by atoms with Gasteiger partial charge in [0.15, 0.2) is 23.7 Å². The number of piperidine rings is 1. The van der Waals surface area contributed by atoms with E-state index in [2.05, 4.69) is 10.2 Å². The Kier molecular flexibility index (Phi) is 5.79. The van der Waals surface area contributed by atoms with Gasteiger partial charge in [0.2, 0.25) is 0 Å². The van der Waals surface area contributed by atoms with Crippen LogP contribution < -0.4 is 14.8 Å². The van der Waals surface area contributed by atoms with Crippen molar-refractivity contribution in [2.24, 2.45) is 0 Å². The molecule has 2 aliphatic carbocycles. The lowest BCUT2D eigenvalue weighted by molar-refractivity contribution is -0.170. The monoisotopic (exact) mass is 520 g/mol. The van der Waals surface area contributed by atoms with Gasteiger partial charge in [-0.3, -0.25) is 4.79 Å². The number of rotatable bonds is 6. The largest absolute Gasteiger partial charge is 0.493 e. The van der Waals surface area contributed by atoms with Crippen molar-refractivity contribution in [1.29, 1.82) is 0 Å². The molecule has 2 heterocycles. The summed E-state index contributed by atoms with van der Waals surface area (Å²) in [6.45, 7) is 2.27. The average molecular weight is 521 g/mol. The molecule has 3 N–H and O–H groups in total. The third-order valence-electron chi connectivity index (χ3n) is 8.85. The first-order chi connectivity index (χ1) is 18.2. The molecule has 9 nitrogen and oxygen atoms in total. The molecule has 9 heteroatoms. The van der Waals surface area contributed by atoms with E-state index in [1.165, 1.54) is 6.92 Å². The lowest BCUT2D eigenvalue weighted by Gasteiger charge is -2.61. The van der Waals surface area contributed by atoms with Crippen LogP contribution in [0.1, 0.15) is 42.6 Å². The van der Waals surface area contributed by atoms with Crippen LogP contribution in [0.25, 0.3) is 0 Å². The third kappa shape index (κ3) is 3.35. The molecule has 1 saturated heterocycles. The average Bonchev–Trinajstić information content (AvgIpc) is 3.28. The van der Waals surface area contributed by atoms with Crippen LogP contribution in [0.4, 0.5) is 0 Å². The molecule has 1 fully saturated rings. The summed E-state index contributed by atoms with van der Waals surface area (Å²) in [4.78, 5) is 27.9. The number of carbonyl (C=O) groups excluding carboxylic acids is 2. The van der Waals surface area contributed by atoms with Gasteiger partial charge in [-0.2, -0.15) is 0 Å². The number of carbonyl (C=O) groups is 2. The highest BCUT2D eigenvalue weighted by Gasteiger charge is 2.72. The number of methoxy groups -OCH3 is 1. The number of hydrogen-bond donors (Lipinski definition) is 3. The van der Waals surface area contributed by atoms with Gasteiger partial charge in [-0.05, 0) is 56.6 Å². The molecule has 1 spiro atoms. The number of likely N-dealkylation sites (N-methyl/N-ethyl adjacent to an activating group) is 1. The van der Waals surface area contributed by atoms with E-state index in [9.17, 15) is 19.8 Å². The minimum Gasteiger partial charge on any atom is -0.493 e. The predicted octanol–water partition coefficient (Wildman–Crippen LogP) is 1.75. The first-order valence-electron chi connectivity index (χ1n) is 13.0. The van der Waals surface area contributed by atoms with E-state index in [1.807, 2.05) is 19.2 Å². The maximum Gasteiger partial charge on any atom is 0.333 e. The van der Waals surface area contributed by atoms with E-state index >= 15 is 0 Å². The van der Waals surface area contributed by atoms with Gasteiger partial charge in [0, 0.05) is 18.0 Å². The summed E-state index contributed by atoms with van der Waals surface area (Å²) < 4.78 is 18.0. The van der Waals surface area contributed by atoms with Crippen molar-refractivity contribution in [1.82, 2.24) is 10.2 Å². The molecule has 4 aliphatic rings.